The summed E-state index contributed by atoms with van der Waals surface area (Å²) < 4.78 is 57.5. The third kappa shape index (κ3) is 7.88. The number of unbranched alkanes of at least 4 members (excludes halogenated alkanes) is 1. The van der Waals surface area contributed by atoms with Crippen LogP contribution in [0.3, 0.4) is 0 Å². The van der Waals surface area contributed by atoms with Gasteiger partial charge in [-0.1, -0.05) is 19.8 Å². The topological polar surface area (TPSA) is 57.6 Å². The Hall–Kier alpha value is -0.340. The highest BCUT2D eigenvalue weighted by Crippen LogP contribution is 2.20. The first-order valence-electron chi connectivity index (χ1n) is 5.94. The number of piperidine rings is 1. The average Bonchev–Trinajstić information content (AvgIpc) is 2.26. The molecule has 1 N–H and O–H groups in total. The monoisotopic (exact) mass is 291 g/mol. The number of halogens is 3. The summed E-state index contributed by atoms with van der Waals surface area (Å²) in [5.41, 5.74) is -5.53. The van der Waals surface area contributed by atoms with E-state index < -0.39 is 15.6 Å². The smallest absolute Gasteiger partial charge is 0.303 e. The highest BCUT2D eigenvalue weighted by atomic mass is 32.2. The number of alkyl halides is 3. The molecule has 1 aliphatic heterocycles. The van der Waals surface area contributed by atoms with Crippen LogP contribution in [-0.2, 0) is 10.1 Å². The second kappa shape index (κ2) is 7.96. The summed E-state index contributed by atoms with van der Waals surface area (Å²) in [6, 6.07) is 0. The molecule has 1 fully saturated rings. The van der Waals surface area contributed by atoms with E-state index in [0.29, 0.717) is 0 Å². The van der Waals surface area contributed by atoms with Crippen molar-refractivity contribution in [3.63, 3.8) is 0 Å². The van der Waals surface area contributed by atoms with E-state index in [1.54, 1.807) is 0 Å². The lowest BCUT2D eigenvalue weighted by Gasteiger charge is -2.25. The second-order valence-electron chi connectivity index (χ2n) is 4.18. The van der Waals surface area contributed by atoms with Gasteiger partial charge in [0.2, 0.25) is 0 Å². The van der Waals surface area contributed by atoms with Crippen molar-refractivity contribution in [2.75, 3.05) is 19.6 Å². The Morgan fingerprint density at radius 3 is 1.94 bits per heavy atom. The molecular formula is C10H20F3NO3S. The number of rotatable bonds is 3. The highest BCUT2D eigenvalue weighted by Gasteiger charge is 2.44. The molecule has 0 radical (unpaired) electrons. The fourth-order valence-electron chi connectivity index (χ4n) is 1.56. The Bertz CT molecular complexity index is 311. The van der Waals surface area contributed by atoms with Gasteiger partial charge < -0.3 is 4.90 Å². The van der Waals surface area contributed by atoms with Gasteiger partial charge in [0.25, 0.3) is 0 Å². The number of hydrogen-bond donors (Lipinski definition) is 1. The minimum Gasteiger partial charge on any atom is -0.303 e. The van der Waals surface area contributed by atoms with Crippen molar-refractivity contribution in [1.29, 1.82) is 0 Å². The van der Waals surface area contributed by atoms with Crippen LogP contribution in [0, 0.1) is 0 Å². The van der Waals surface area contributed by atoms with E-state index in [2.05, 4.69) is 11.8 Å². The molecule has 1 aliphatic rings. The minimum absolute atomic E-state index is 1.34. The van der Waals surface area contributed by atoms with Crippen molar-refractivity contribution < 1.29 is 26.1 Å². The molecule has 0 amide bonds. The van der Waals surface area contributed by atoms with E-state index in [1.165, 1.54) is 51.7 Å². The van der Waals surface area contributed by atoms with Gasteiger partial charge in [0.15, 0.2) is 0 Å². The van der Waals surface area contributed by atoms with Crippen LogP contribution in [0.5, 0.6) is 0 Å². The van der Waals surface area contributed by atoms with Gasteiger partial charge in [-0.25, -0.2) is 0 Å². The molecule has 0 spiro atoms. The SMILES string of the molecule is CCCCN1CCCCC1.O=S(=O)(O)C(F)(F)F. The van der Waals surface area contributed by atoms with Crippen LogP contribution in [0.4, 0.5) is 13.2 Å². The molecule has 1 saturated heterocycles. The molecule has 0 aliphatic carbocycles. The molecule has 0 bridgehead atoms. The molecule has 0 atom stereocenters. The lowest BCUT2D eigenvalue weighted by atomic mass is 10.1. The zero-order valence-corrected chi connectivity index (χ0v) is 11.2. The summed E-state index contributed by atoms with van der Waals surface area (Å²) in [5, 5.41) is 0. The molecule has 0 saturated carbocycles. The third-order valence-corrected chi connectivity index (χ3v) is 3.15. The van der Waals surface area contributed by atoms with Gasteiger partial charge in [-0.3, -0.25) is 4.55 Å². The van der Waals surface area contributed by atoms with E-state index in [-0.39, 0.29) is 0 Å². The van der Waals surface area contributed by atoms with Gasteiger partial charge >= 0.3 is 15.6 Å². The molecule has 1 rings (SSSR count). The number of likely N-dealkylation sites (tertiary alicyclic amines) is 1. The fourth-order valence-corrected chi connectivity index (χ4v) is 1.56. The molecule has 0 aromatic carbocycles. The Labute approximate surface area is 106 Å². The molecule has 0 unspecified atom stereocenters. The Balaban J connectivity index is 0.000000331. The Kier molecular flexibility index (Phi) is 7.81. The predicted octanol–water partition coefficient (Wildman–Crippen LogP) is 2.67. The van der Waals surface area contributed by atoms with Crippen LogP contribution in [0.25, 0.3) is 0 Å². The summed E-state index contributed by atoms with van der Waals surface area (Å²) in [7, 11) is -5.84. The molecule has 8 heteroatoms. The third-order valence-electron chi connectivity index (χ3n) is 2.57. The molecule has 18 heavy (non-hydrogen) atoms. The maximum absolute atomic E-state index is 10.7. The van der Waals surface area contributed by atoms with Gasteiger partial charge in [0.05, 0.1) is 0 Å². The summed E-state index contributed by atoms with van der Waals surface area (Å²) in [6.45, 7) is 6.33. The minimum atomic E-state index is -5.84. The maximum Gasteiger partial charge on any atom is 0.522 e. The van der Waals surface area contributed by atoms with Gasteiger partial charge in [0, 0.05) is 0 Å². The van der Waals surface area contributed by atoms with Crippen LogP contribution in [0.2, 0.25) is 0 Å². The number of hydrogen-bond acceptors (Lipinski definition) is 3. The first-order valence-corrected chi connectivity index (χ1v) is 7.38. The maximum atomic E-state index is 10.7. The standard InChI is InChI=1S/C9H19N.CHF3O3S/c1-2-3-7-10-8-5-4-6-9-10;2-1(3,4)8(5,6)7/h2-9H2,1H3;(H,5,6,7). The Morgan fingerprint density at radius 1 is 1.17 bits per heavy atom. The summed E-state index contributed by atoms with van der Waals surface area (Å²) in [6.07, 6.45) is 7.06. The van der Waals surface area contributed by atoms with E-state index >= 15 is 0 Å². The van der Waals surface area contributed by atoms with Crippen molar-refractivity contribution in [2.45, 2.75) is 44.5 Å². The van der Waals surface area contributed by atoms with Crippen molar-refractivity contribution in [3.05, 3.63) is 0 Å². The van der Waals surface area contributed by atoms with Gasteiger partial charge in [-0.05, 0) is 38.9 Å². The van der Waals surface area contributed by atoms with Crippen molar-refractivity contribution in [3.8, 4) is 0 Å². The van der Waals surface area contributed by atoms with Crippen molar-refractivity contribution in [1.82, 2.24) is 4.90 Å². The van der Waals surface area contributed by atoms with Gasteiger partial charge in [0.1, 0.15) is 0 Å². The molecule has 4 nitrogen and oxygen atoms in total. The van der Waals surface area contributed by atoms with Crippen LogP contribution in [-0.4, -0.2) is 43.0 Å². The van der Waals surface area contributed by atoms with Gasteiger partial charge in [-0.15, -0.1) is 0 Å². The normalized spacial score (nSPS) is 18.1. The van der Waals surface area contributed by atoms with Gasteiger partial charge in [-0.2, -0.15) is 21.6 Å². The molecular weight excluding hydrogens is 271 g/mol. The highest BCUT2D eigenvalue weighted by molar-refractivity contribution is 7.86. The van der Waals surface area contributed by atoms with E-state index in [1.807, 2.05) is 0 Å². The fraction of sp³-hybridized carbons (Fsp3) is 1.00. The molecule has 0 aromatic heterocycles. The second-order valence-corrected chi connectivity index (χ2v) is 5.59. The van der Waals surface area contributed by atoms with Crippen LogP contribution >= 0.6 is 0 Å². The predicted molar refractivity (Wildman–Crippen MR) is 62.8 cm³/mol. The van der Waals surface area contributed by atoms with E-state index in [9.17, 15) is 13.2 Å². The first kappa shape index (κ1) is 17.7. The lowest BCUT2D eigenvalue weighted by Crippen LogP contribution is -2.30. The largest absolute Gasteiger partial charge is 0.522 e. The number of nitrogens with zero attached hydrogens (tertiary/aromatic N) is 1. The van der Waals surface area contributed by atoms with Crippen molar-refractivity contribution in [2.24, 2.45) is 0 Å². The summed E-state index contributed by atoms with van der Waals surface area (Å²) in [4.78, 5) is 2.60. The first-order chi connectivity index (χ1) is 8.18. The zero-order chi connectivity index (χ0) is 14.2. The van der Waals surface area contributed by atoms with Crippen LogP contribution < -0.4 is 0 Å². The Morgan fingerprint density at radius 2 is 1.61 bits per heavy atom. The summed E-state index contributed by atoms with van der Waals surface area (Å²) >= 11 is 0. The van der Waals surface area contributed by atoms with E-state index in [4.69, 9.17) is 13.0 Å². The zero-order valence-electron chi connectivity index (χ0n) is 10.4. The average molecular weight is 291 g/mol. The molecule has 1 heterocycles. The lowest BCUT2D eigenvalue weighted by molar-refractivity contribution is -0.0510. The van der Waals surface area contributed by atoms with Crippen LogP contribution in [0.15, 0.2) is 0 Å². The summed E-state index contributed by atoms with van der Waals surface area (Å²) in [5.74, 6) is 0. The van der Waals surface area contributed by atoms with E-state index in [0.717, 1.165) is 0 Å². The van der Waals surface area contributed by atoms with Crippen molar-refractivity contribution >= 4 is 10.1 Å². The molecule has 110 valence electrons. The quantitative estimate of drug-likeness (QED) is 0.641. The van der Waals surface area contributed by atoms with Crippen LogP contribution in [0.1, 0.15) is 39.0 Å². The molecule has 0 aromatic rings.